The first kappa shape index (κ1) is 23.5. The summed E-state index contributed by atoms with van der Waals surface area (Å²) in [7, 11) is 3.66. The summed E-state index contributed by atoms with van der Waals surface area (Å²) in [5, 5.41) is 4.85. The molecular formula is C26H32N6O3. The van der Waals surface area contributed by atoms with E-state index in [1.807, 2.05) is 35.5 Å². The largest absolute Gasteiger partial charge is 0.382 e. The third-order valence-corrected chi connectivity index (χ3v) is 6.34. The molecule has 0 amide bonds. The molecule has 0 spiro atoms. The van der Waals surface area contributed by atoms with E-state index in [0.717, 1.165) is 52.8 Å². The van der Waals surface area contributed by atoms with Crippen LogP contribution in [0.5, 0.6) is 0 Å². The van der Waals surface area contributed by atoms with Gasteiger partial charge in [-0.15, -0.1) is 0 Å². The van der Waals surface area contributed by atoms with Crippen LogP contribution in [-0.2, 0) is 21.3 Å². The molecule has 1 aromatic carbocycles. The molecule has 1 aliphatic rings. The number of hydrogen-bond acceptors (Lipinski definition) is 7. The highest BCUT2D eigenvalue weighted by atomic mass is 16.5. The summed E-state index contributed by atoms with van der Waals surface area (Å²) in [5.74, 6) is 1.58. The predicted molar refractivity (Wildman–Crippen MR) is 135 cm³/mol. The van der Waals surface area contributed by atoms with Gasteiger partial charge in [-0.2, -0.15) is 5.10 Å². The highest BCUT2D eigenvalue weighted by molar-refractivity contribution is 5.88. The molecule has 0 unspecified atom stereocenters. The van der Waals surface area contributed by atoms with Gasteiger partial charge >= 0.3 is 0 Å². The fourth-order valence-electron chi connectivity index (χ4n) is 4.46. The molecule has 0 radical (unpaired) electrons. The topological polar surface area (TPSA) is 79.5 Å². The molecule has 0 saturated carbocycles. The Balaban J connectivity index is 1.57. The lowest BCUT2D eigenvalue weighted by Gasteiger charge is -2.29. The van der Waals surface area contributed by atoms with Crippen molar-refractivity contribution in [2.24, 2.45) is 7.05 Å². The zero-order valence-electron chi connectivity index (χ0n) is 20.8. The average Bonchev–Trinajstić information content (AvgIpc) is 3.50. The number of fused-ring (bicyclic) bond motifs is 1. The fourth-order valence-corrected chi connectivity index (χ4v) is 4.46. The van der Waals surface area contributed by atoms with Crippen molar-refractivity contribution in [1.29, 1.82) is 0 Å². The van der Waals surface area contributed by atoms with Crippen LogP contribution in [0, 0.1) is 6.92 Å². The Morgan fingerprint density at radius 3 is 2.69 bits per heavy atom. The Morgan fingerprint density at radius 2 is 1.91 bits per heavy atom. The lowest BCUT2D eigenvalue weighted by atomic mass is 10.1. The monoisotopic (exact) mass is 476 g/mol. The molecule has 4 heterocycles. The van der Waals surface area contributed by atoms with E-state index in [0.29, 0.717) is 26.4 Å². The maximum atomic E-state index is 5.95. The number of nitrogens with zero attached hydrogens (tertiary/aromatic N) is 6. The van der Waals surface area contributed by atoms with Crippen molar-refractivity contribution in [3.05, 3.63) is 54.0 Å². The number of benzene rings is 1. The van der Waals surface area contributed by atoms with Crippen molar-refractivity contribution in [2.45, 2.75) is 20.0 Å². The average molecular weight is 477 g/mol. The van der Waals surface area contributed by atoms with Crippen molar-refractivity contribution < 1.29 is 14.2 Å². The molecule has 184 valence electrons. The number of morpholine rings is 1. The third kappa shape index (κ3) is 4.80. The van der Waals surface area contributed by atoms with Gasteiger partial charge in [0, 0.05) is 45.1 Å². The van der Waals surface area contributed by atoms with Gasteiger partial charge in [-0.1, -0.05) is 23.8 Å². The van der Waals surface area contributed by atoms with Crippen LogP contribution >= 0.6 is 0 Å². The van der Waals surface area contributed by atoms with Gasteiger partial charge in [0.2, 0.25) is 0 Å². The summed E-state index contributed by atoms with van der Waals surface area (Å²) in [6, 6.07) is 12.5. The first-order valence-electron chi connectivity index (χ1n) is 12.0. The summed E-state index contributed by atoms with van der Waals surface area (Å²) in [6.07, 6.45) is 1.77. The lowest BCUT2D eigenvalue weighted by Crippen LogP contribution is -2.36. The van der Waals surface area contributed by atoms with E-state index in [2.05, 4.69) is 42.2 Å². The number of aromatic nitrogens is 5. The van der Waals surface area contributed by atoms with Crippen LogP contribution in [0.3, 0.4) is 0 Å². The molecule has 1 fully saturated rings. The Kier molecular flexibility index (Phi) is 6.81. The quantitative estimate of drug-likeness (QED) is 0.359. The molecule has 0 bridgehead atoms. The second-order valence-electron chi connectivity index (χ2n) is 8.82. The standard InChI is InChI=1S/C26H32N6O3/c1-18-6-5-7-20(16-18)21-8-9-32(29-21)23-17-22(31-10-12-34-13-11-31)24-26(27-23)30(3)25(28-24)19(2)35-15-14-33-4/h5-9,16-17,19H,10-15H2,1-4H3/t19-/m1/s1. The molecule has 1 atom stereocenters. The number of pyridine rings is 1. The summed E-state index contributed by atoms with van der Waals surface area (Å²) in [6.45, 7) is 8.13. The SMILES string of the molecule is COCCO[C@H](C)c1nc2c(N3CCOCC3)cc(-n3ccc(-c4cccc(C)c4)n3)nc2n1C. The second kappa shape index (κ2) is 10.2. The smallest absolute Gasteiger partial charge is 0.164 e. The minimum absolute atomic E-state index is 0.192. The van der Waals surface area contributed by atoms with Gasteiger partial charge in [-0.25, -0.2) is 14.6 Å². The van der Waals surface area contributed by atoms with Crippen LogP contribution in [0.15, 0.2) is 42.6 Å². The number of aryl methyl sites for hydroxylation is 2. The molecule has 5 rings (SSSR count). The molecule has 35 heavy (non-hydrogen) atoms. The van der Waals surface area contributed by atoms with E-state index >= 15 is 0 Å². The molecule has 1 aliphatic heterocycles. The number of rotatable bonds is 8. The normalized spacial score (nSPS) is 15.1. The highest BCUT2D eigenvalue weighted by Gasteiger charge is 2.23. The van der Waals surface area contributed by atoms with Crippen LogP contribution < -0.4 is 4.90 Å². The van der Waals surface area contributed by atoms with Gasteiger partial charge in [0.05, 0.1) is 37.8 Å². The van der Waals surface area contributed by atoms with E-state index in [1.54, 1.807) is 7.11 Å². The summed E-state index contributed by atoms with van der Waals surface area (Å²) in [4.78, 5) is 12.3. The van der Waals surface area contributed by atoms with Gasteiger partial charge in [0.15, 0.2) is 11.5 Å². The second-order valence-corrected chi connectivity index (χ2v) is 8.82. The van der Waals surface area contributed by atoms with Gasteiger partial charge < -0.3 is 23.7 Å². The minimum atomic E-state index is -0.192. The van der Waals surface area contributed by atoms with Crippen molar-refractivity contribution >= 4 is 16.9 Å². The Labute approximate surface area is 205 Å². The third-order valence-electron chi connectivity index (χ3n) is 6.34. The summed E-state index contributed by atoms with van der Waals surface area (Å²) >= 11 is 0. The number of anilines is 1. The number of hydrogen-bond donors (Lipinski definition) is 0. The van der Waals surface area contributed by atoms with Crippen molar-refractivity contribution in [3.63, 3.8) is 0 Å². The molecule has 4 aromatic rings. The molecule has 9 heteroatoms. The van der Waals surface area contributed by atoms with Gasteiger partial charge in [0.25, 0.3) is 0 Å². The van der Waals surface area contributed by atoms with E-state index in [1.165, 1.54) is 5.56 Å². The summed E-state index contributed by atoms with van der Waals surface area (Å²) in [5.41, 5.74) is 5.90. The maximum Gasteiger partial charge on any atom is 0.164 e. The molecule has 9 nitrogen and oxygen atoms in total. The van der Waals surface area contributed by atoms with Gasteiger partial charge in [-0.3, -0.25) is 0 Å². The van der Waals surface area contributed by atoms with E-state index < -0.39 is 0 Å². The van der Waals surface area contributed by atoms with Crippen LogP contribution in [0.2, 0.25) is 0 Å². The number of ether oxygens (including phenoxy) is 3. The molecular weight excluding hydrogens is 444 g/mol. The van der Waals surface area contributed by atoms with Crippen LogP contribution in [0.25, 0.3) is 28.2 Å². The van der Waals surface area contributed by atoms with E-state index in [-0.39, 0.29) is 6.10 Å². The number of methoxy groups -OCH3 is 1. The van der Waals surface area contributed by atoms with Crippen molar-refractivity contribution in [2.75, 3.05) is 51.5 Å². The minimum Gasteiger partial charge on any atom is -0.382 e. The van der Waals surface area contributed by atoms with Crippen molar-refractivity contribution in [3.8, 4) is 17.1 Å². The Morgan fingerprint density at radius 1 is 1.09 bits per heavy atom. The first-order valence-corrected chi connectivity index (χ1v) is 12.0. The van der Waals surface area contributed by atoms with Crippen LogP contribution in [0.4, 0.5) is 5.69 Å². The zero-order valence-corrected chi connectivity index (χ0v) is 20.8. The predicted octanol–water partition coefficient (Wildman–Crippen LogP) is 3.69. The zero-order chi connectivity index (χ0) is 24.4. The first-order chi connectivity index (χ1) is 17.0. The molecule has 0 N–H and O–H groups in total. The van der Waals surface area contributed by atoms with E-state index in [4.69, 9.17) is 29.3 Å². The lowest BCUT2D eigenvalue weighted by molar-refractivity contribution is 0.0205. The van der Waals surface area contributed by atoms with Crippen LogP contribution in [-0.4, -0.2) is 70.9 Å². The summed E-state index contributed by atoms with van der Waals surface area (Å²) < 4.78 is 20.5. The van der Waals surface area contributed by atoms with Crippen molar-refractivity contribution in [1.82, 2.24) is 24.3 Å². The van der Waals surface area contributed by atoms with Gasteiger partial charge in [0.1, 0.15) is 17.4 Å². The Hall–Kier alpha value is -3.27. The van der Waals surface area contributed by atoms with E-state index in [9.17, 15) is 0 Å². The highest BCUT2D eigenvalue weighted by Crippen LogP contribution is 2.31. The Bertz CT molecular complexity index is 1310. The van der Waals surface area contributed by atoms with Gasteiger partial charge in [-0.05, 0) is 26.0 Å². The maximum absolute atomic E-state index is 5.95. The van der Waals surface area contributed by atoms with Crippen LogP contribution in [0.1, 0.15) is 24.4 Å². The number of imidazole rings is 1. The molecule has 0 aliphatic carbocycles. The molecule has 3 aromatic heterocycles. The molecule has 1 saturated heterocycles. The fraction of sp³-hybridized carbons (Fsp3) is 0.423.